The molecule has 1 N–H and O–H groups in total. The van der Waals surface area contributed by atoms with Crippen molar-refractivity contribution >= 4 is 34.4 Å². The molecule has 9 heteroatoms. The Morgan fingerprint density at radius 2 is 2.12 bits per heavy atom. The van der Waals surface area contributed by atoms with Crippen LogP contribution in [-0.4, -0.2) is 25.7 Å². The molecule has 4 aromatic rings. The maximum Gasteiger partial charge on any atom is 0.268 e. The third-order valence-corrected chi connectivity index (χ3v) is 5.52. The van der Waals surface area contributed by atoms with Gasteiger partial charge in [0.05, 0.1) is 22.7 Å². The predicted octanol–water partition coefficient (Wildman–Crippen LogP) is 4.22. The summed E-state index contributed by atoms with van der Waals surface area (Å²) in [6.07, 6.45) is 1.61. The number of anilines is 1. The number of thiazole rings is 2. The summed E-state index contributed by atoms with van der Waals surface area (Å²) < 4.78 is 7.01. The Kier molecular flexibility index (Phi) is 4.17. The van der Waals surface area contributed by atoms with Crippen LogP contribution in [0.15, 0.2) is 34.3 Å². The van der Waals surface area contributed by atoms with Gasteiger partial charge >= 0.3 is 0 Å². The van der Waals surface area contributed by atoms with E-state index in [1.165, 1.54) is 22.7 Å². The smallest absolute Gasteiger partial charge is 0.268 e. The molecule has 0 aliphatic heterocycles. The van der Waals surface area contributed by atoms with Crippen molar-refractivity contribution in [1.29, 1.82) is 0 Å². The summed E-state index contributed by atoms with van der Waals surface area (Å²) in [4.78, 5) is 22.1. The minimum absolute atomic E-state index is 0.197. The molecule has 0 unspecified atom stereocenters. The molecule has 0 atom stereocenters. The zero-order valence-electron chi connectivity index (χ0n) is 14.3. The summed E-state index contributed by atoms with van der Waals surface area (Å²) in [6, 6.07) is 5.48. The predicted molar refractivity (Wildman–Crippen MR) is 101 cm³/mol. The van der Waals surface area contributed by atoms with E-state index in [0.717, 1.165) is 22.1 Å². The van der Waals surface area contributed by atoms with E-state index in [1.807, 2.05) is 44.4 Å². The van der Waals surface area contributed by atoms with Crippen molar-refractivity contribution in [3.8, 4) is 16.6 Å². The zero-order valence-corrected chi connectivity index (χ0v) is 15.9. The van der Waals surface area contributed by atoms with Crippen LogP contribution in [0.5, 0.6) is 0 Å². The fourth-order valence-electron chi connectivity index (χ4n) is 2.55. The number of aryl methyl sites for hydroxylation is 3. The van der Waals surface area contributed by atoms with Crippen molar-refractivity contribution in [2.45, 2.75) is 20.8 Å². The number of amides is 1. The number of nitrogens with zero attached hydrogens (tertiary/aromatic N) is 4. The second-order valence-corrected chi connectivity index (χ2v) is 7.72. The topological polar surface area (TPSA) is 85.8 Å². The lowest BCUT2D eigenvalue weighted by molar-refractivity contribution is 0.102. The molecular weight excluding hydrogens is 370 g/mol. The molecule has 7 nitrogen and oxygen atoms in total. The number of furan rings is 1. The van der Waals surface area contributed by atoms with Gasteiger partial charge in [0.2, 0.25) is 5.13 Å². The molecule has 132 valence electrons. The van der Waals surface area contributed by atoms with E-state index in [-0.39, 0.29) is 5.91 Å². The Bertz CT molecular complexity index is 1070. The van der Waals surface area contributed by atoms with Crippen molar-refractivity contribution in [1.82, 2.24) is 19.7 Å². The van der Waals surface area contributed by atoms with Gasteiger partial charge in [-0.25, -0.2) is 9.97 Å². The van der Waals surface area contributed by atoms with E-state index in [9.17, 15) is 4.79 Å². The molecule has 26 heavy (non-hydrogen) atoms. The van der Waals surface area contributed by atoms with Crippen LogP contribution < -0.4 is 5.32 Å². The average Bonchev–Trinajstić information content (AvgIpc) is 3.34. The molecule has 4 aromatic heterocycles. The SMILES string of the molecule is Cc1cc(NC(=O)c2sc(C)nc2C)n(-c2nc(-c3ccco3)cs2)n1. The third-order valence-electron chi connectivity index (χ3n) is 3.63. The second kappa shape index (κ2) is 6.50. The van der Waals surface area contributed by atoms with Crippen LogP contribution in [-0.2, 0) is 0 Å². The zero-order chi connectivity index (χ0) is 18.3. The van der Waals surface area contributed by atoms with E-state index >= 15 is 0 Å². The van der Waals surface area contributed by atoms with Crippen LogP contribution in [0.3, 0.4) is 0 Å². The molecule has 1 amide bonds. The van der Waals surface area contributed by atoms with Crippen LogP contribution in [0.1, 0.15) is 26.1 Å². The number of aromatic nitrogens is 4. The average molecular weight is 385 g/mol. The Labute approximate surface area is 157 Å². The van der Waals surface area contributed by atoms with Gasteiger partial charge in [-0.3, -0.25) is 4.79 Å². The molecule has 0 radical (unpaired) electrons. The molecule has 0 saturated heterocycles. The van der Waals surface area contributed by atoms with Crippen molar-refractivity contribution < 1.29 is 9.21 Å². The normalized spacial score (nSPS) is 11.0. The Morgan fingerprint density at radius 1 is 1.27 bits per heavy atom. The van der Waals surface area contributed by atoms with Crippen LogP contribution in [0.2, 0.25) is 0 Å². The van der Waals surface area contributed by atoms with Gasteiger partial charge in [0.25, 0.3) is 5.91 Å². The number of hydrogen-bond donors (Lipinski definition) is 1. The number of nitrogens with one attached hydrogen (secondary N) is 1. The Hall–Kier alpha value is -2.78. The molecule has 0 aromatic carbocycles. The highest BCUT2D eigenvalue weighted by Crippen LogP contribution is 2.27. The number of carbonyl (C=O) groups is 1. The van der Waals surface area contributed by atoms with Crippen LogP contribution in [0.4, 0.5) is 5.82 Å². The van der Waals surface area contributed by atoms with E-state index in [2.05, 4.69) is 20.4 Å². The lowest BCUT2D eigenvalue weighted by Crippen LogP contribution is -2.15. The molecule has 0 saturated carbocycles. The summed E-state index contributed by atoms with van der Waals surface area (Å²) in [5, 5.41) is 10.8. The van der Waals surface area contributed by atoms with Gasteiger partial charge in [0.1, 0.15) is 16.4 Å². The maximum absolute atomic E-state index is 12.6. The van der Waals surface area contributed by atoms with Crippen molar-refractivity contribution in [3.05, 3.63) is 51.1 Å². The van der Waals surface area contributed by atoms with Crippen molar-refractivity contribution in [3.63, 3.8) is 0 Å². The lowest BCUT2D eigenvalue weighted by atomic mass is 10.3. The summed E-state index contributed by atoms with van der Waals surface area (Å²) in [6.45, 7) is 5.58. The lowest BCUT2D eigenvalue weighted by Gasteiger charge is -2.05. The molecule has 0 fully saturated rings. The van der Waals surface area contributed by atoms with Gasteiger partial charge in [-0.2, -0.15) is 9.78 Å². The molecule has 4 heterocycles. The first kappa shape index (κ1) is 16.7. The quantitative estimate of drug-likeness (QED) is 0.568. The Morgan fingerprint density at radius 3 is 2.81 bits per heavy atom. The summed E-state index contributed by atoms with van der Waals surface area (Å²) >= 11 is 2.80. The van der Waals surface area contributed by atoms with E-state index < -0.39 is 0 Å². The first-order chi connectivity index (χ1) is 12.5. The first-order valence-electron chi connectivity index (χ1n) is 7.83. The van der Waals surface area contributed by atoms with Gasteiger partial charge in [0, 0.05) is 11.4 Å². The highest BCUT2D eigenvalue weighted by molar-refractivity contribution is 7.14. The van der Waals surface area contributed by atoms with E-state index in [4.69, 9.17) is 4.42 Å². The highest BCUT2D eigenvalue weighted by atomic mass is 32.1. The van der Waals surface area contributed by atoms with Crippen LogP contribution in [0.25, 0.3) is 16.6 Å². The standard InChI is InChI=1S/C17H15N5O2S2/c1-9-7-14(20-16(23)15-10(2)18-11(3)26-15)22(21-9)17-19-12(8-25-17)13-5-4-6-24-13/h4-8H,1-3H3,(H,20,23). The van der Waals surface area contributed by atoms with Gasteiger partial charge < -0.3 is 9.73 Å². The minimum Gasteiger partial charge on any atom is -0.463 e. The largest absolute Gasteiger partial charge is 0.463 e. The second-order valence-electron chi connectivity index (χ2n) is 5.68. The number of hydrogen-bond acceptors (Lipinski definition) is 7. The molecule has 0 aliphatic carbocycles. The van der Waals surface area contributed by atoms with E-state index in [0.29, 0.717) is 21.6 Å². The van der Waals surface area contributed by atoms with Gasteiger partial charge in [0.15, 0.2) is 5.76 Å². The minimum atomic E-state index is -0.197. The number of carbonyl (C=O) groups excluding carboxylic acids is 1. The van der Waals surface area contributed by atoms with E-state index in [1.54, 1.807) is 10.9 Å². The van der Waals surface area contributed by atoms with Crippen molar-refractivity contribution in [2.24, 2.45) is 0 Å². The fourth-order valence-corrected chi connectivity index (χ4v) is 4.14. The first-order valence-corrected chi connectivity index (χ1v) is 9.52. The summed E-state index contributed by atoms with van der Waals surface area (Å²) in [5.74, 6) is 1.06. The molecule has 0 spiro atoms. The van der Waals surface area contributed by atoms with Gasteiger partial charge in [-0.05, 0) is 32.9 Å². The van der Waals surface area contributed by atoms with Gasteiger partial charge in [-0.15, -0.1) is 22.7 Å². The van der Waals surface area contributed by atoms with Crippen LogP contribution >= 0.6 is 22.7 Å². The van der Waals surface area contributed by atoms with Crippen LogP contribution in [0, 0.1) is 20.8 Å². The van der Waals surface area contributed by atoms with Crippen molar-refractivity contribution in [2.75, 3.05) is 5.32 Å². The van der Waals surface area contributed by atoms with Gasteiger partial charge in [-0.1, -0.05) is 0 Å². The Balaban J connectivity index is 1.65. The third kappa shape index (κ3) is 3.06. The molecule has 0 bridgehead atoms. The monoisotopic (exact) mass is 385 g/mol. The molecule has 0 aliphatic rings. The molecular formula is C17H15N5O2S2. The summed E-state index contributed by atoms with van der Waals surface area (Å²) in [7, 11) is 0. The maximum atomic E-state index is 12.6. The molecule has 4 rings (SSSR count). The summed E-state index contributed by atoms with van der Waals surface area (Å²) in [5.41, 5.74) is 2.24. The number of rotatable bonds is 4. The fraction of sp³-hybridized carbons (Fsp3) is 0.176. The highest BCUT2D eigenvalue weighted by Gasteiger charge is 2.18.